The number of aromatic amines is 1. The first kappa shape index (κ1) is 21.5. The van der Waals surface area contributed by atoms with Crippen LogP contribution in [0.3, 0.4) is 0 Å². The van der Waals surface area contributed by atoms with Gasteiger partial charge < -0.3 is 19.4 Å². The van der Waals surface area contributed by atoms with Crippen molar-refractivity contribution in [3.63, 3.8) is 0 Å². The van der Waals surface area contributed by atoms with Gasteiger partial charge in [-0.1, -0.05) is 30.0 Å². The smallest absolute Gasteiger partial charge is 0.233 e. The number of carbonyl (C=O) groups is 1. The van der Waals surface area contributed by atoms with E-state index in [-0.39, 0.29) is 24.2 Å². The van der Waals surface area contributed by atoms with E-state index >= 15 is 0 Å². The van der Waals surface area contributed by atoms with Gasteiger partial charge in [0.25, 0.3) is 0 Å². The van der Waals surface area contributed by atoms with E-state index in [9.17, 15) is 4.79 Å². The van der Waals surface area contributed by atoms with Crippen molar-refractivity contribution >= 4 is 28.6 Å². The molecule has 3 aromatic rings. The van der Waals surface area contributed by atoms with Crippen molar-refractivity contribution in [1.82, 2.24) is 24.6 Å². The van der Waals surface area contributed by atoms with Crippen LogP contribution in [0.5, 0.6) is 0 Å². The molecule has 0 spiro atoms. The lowest BCUT2D eigenvalue weighted by Gasteiger charge is -2.35. The molecule has 5 rings (SSSR count). The average molecular weight is 456 g/mol. The number of H-pyrrole nitrogens is 1. The van der Waals surface area contributed by atoms with Crippen molar-refractivity contribution in [3.8, 4) is 11.4 Å². The Balaban J connectivity index is 1.39. The van der Waals surface area contributed by atoms with Crippen LogP contribution in [0.1, 0.15) is 26.7 Å². The molecule has 1 N–H and O–H groups in total. The summed E-state index contributed by atoms with van der Waals surface area (Å²) in [5.41, 5.74) is 2.08. The number of carbonyl (C=O) groups excluding carboxylic acids is 1. The summed E-state index contributed by atoms with van der Waals surface area (Å²) in [5.74, 6) is 1.25. The van der Waals surface area contributed by atoms with E-state index in [2.05, 4.69) is 31.9 Å². The van der Waals surface area contributed by atoms with Crippen molar-refractivity contribution in [2.45, 2.75) is 56.7 Å². The van der Waals surface area contributed by atoms with Crippen LogP contribution in [0.25, 0.3) is 22.3 Å². The van der Waals surface area contributed by atoms with Crippen molar-refractivity contribution in [3.05, 3.63) is 30.5 Å². The number of nitrogens with zero attached hydrogens (tertiary/aromatic N) is 4. The van der Waals surface area contributed by atoms with E-state index in [1.807, 2.05) is 37.1 Å². The molecule has 2 saturated heterocycles. The van der Waals surface area contributed by atoms with Gasteiger partial charge in [-0.3, -0.25) is 9.36 Å². The molecule has 9 heteroatoms. The number of para-hydroxylation sites is 1. The van der Waals surface area contributed by atoms with Crippen LogP contribution in [0.15, 0.2) is 35.6 Å². The van der Waals surface area contributed by atoms with Crippen molar-refractivity contribution in [1.29, 1.82) is 0 Å². The molecule has 0 unspecified atom stereocenters. The summed E-state index contributed by atoms with van der Waals surface area (Å²) in [6, 6.07) is 8.18. The van der Waals surface area contributed by atoms with Gasteiger partial charge in [0.15, 0.2) is 11.0 Å². The molecule has 8 nitrogen and oxygen atoms in total. The monoisotopic (exact) mass is 455 g/mol. The number of nitrogens with one attached hydrogen (secondary N) is 1. The zero-order valence-electron chi connectivity index (χ0n) is 18.5. The lowest BCUT2D eigenvalue weighted by atomic mass is 10.1. The Morgan fingerprint density at radius 3 is 2.81 bits per heavy atom. The number of hydrogen-bond donors (Lipinski definition) is 1. The summed E-state index contributed by atoms with van der Waals surface area (Å²) in [4.78, 5) is 18.1. The number of hydrogen-bond acceptors (Lipinski definition) is 6. The highest BCUT2D eigenvalue weighted by Crippen LogP contribution is 2.31. The van der Waals surface area contributed by atoms with Gasteiger partial charge in [0.05, 0.1) is 30.6 Å². The van der Waals surface area contributed by atoms with Crippen LogP contribution >= 0.6 is 11.8 Å². The maximum absolute atomic E-state index is 12.9. The zero-order chi connectivity index (χ0) is 22.1. The zero-order valence-corrected chi connectivity index (χ0v) is 19.3. The summed E-state index contributed by atoms with van der Waals surface area (Å²) < 4.78 is 13.8. The van der Waals surface area contributed by atoms with E-state index in [0.717, 1.165) is 46.9 Å². The molecule has 1 aromatic carbocycles. The van der Waals surface area contributed by atoms with Crippen LogP contribution in [0.2, 0.25) is 0 Å². The molecular weight excluding hydrogens is 426 g/mol. The minimum absolute atomic E-state index is 0.0596. The predicted octanol–water partition coefficient (Wildman–Crippen LogP) is 3.33. The second-order valence-electron chi connectivity index (χ2n) is 8.64. The molecule has 2 aliphatic heterocycles. The summed E-state index contributed by atoms with van der Waals surface area (Å²) in [5, 5.41) is 10.9. The third-order valence-electron chi connectivity index (χ3n) is 6.05. The molecule has 0 radical (unpaired) electrons. The molecule has 1 amide bonds. The van der Waals surface area contributed by atoms with Crippen LogP contribution in [-0.2, 0) is 20.8 Å². The first-order valence-electron chi connectivity index (χ1n) is 11.3. The predicted molar refractivity (Wildman–Crippen MR) is 124 cm³/mol. The van der Waals surface area contributed by atoms with Gasteiger partial charge in [-0.2, -0.15) is 0 Å². The van der Waals surface area contributed by atoms with Gasteiger partial charge in [-0.25, -0.2) is 0 Å². The van der Waals surface area contributed by atoms with Crippen molar-refractivity contribution < 1.29 is 14.3 Å². The minimum atomic E-state index is 0.0596. The highest BCUT2D eigenvalue weighted by atomic mass is 32.2. The SMILES string of the molecule is C[C@@H]1CN(C(=O)CSc2nnc(-c3c[nH]c4ccccc34)n2C[C@H]2CCCO2)C[C@@H](C)O1. The van der Waals surface area contributed by atoms with Gasteiger partial charge in [0, 0.05) is 42.4 Å². The highest BCUT2D eigenvalue weighted by molar-refractivity contribution is 7.99. The molecule has 0 aliphatic carbocycles. The summed E-state index contributed by atoms with van der Waals surface area (Å²) in [7, 11) is 0. The van der Waals surface area contributed by atoms with Crippen LogP contribution in [0.4, 0.5) is 0 Å². The molecule has 2 aromatic heterocycles. The van der Waals surface area contributed by atoms with Gasteiger partial charge >= 0.3 is 0 Å². The topological polar surface area (TPSA) is 85.3 Å². The summed E-state index contributed by atoms with van der Waals surface area (Å²) >= 11 is 1.45. The first-order valence-corrected chi connectivity index (χ1v) is 12.2. The number of benzene rings is 1. The molecule has 0 saturated carbocycles. The van der Waals surface area contributed by atoms with Crippen LogP contribution in [-0.4, -0.2) is 74.3 Å². The Labute approximate surface area is 191 Å². The Hall–Kier alpha value is -2.36. The molecule has 2 aliphatic rings. The molecule has 4 heterocycles. The molecule has 2 fully saturated rings. The standard InChI is InChI=1S/C23H29N5O3S/c1-15-11-27(12-16(2)31-15)21(29)14-32-23-26-25-22(28(23)13-17-6-5-9-30-17)19-10-24-20-8-4-3-7-18(19)20/h3-4,7-8,10,15-17,24H,5-6,9,11-14H2,1-2H3/t15-,16-,17-/m1/s1. The second kappa shape index (κ2) is 9.25. The number of amides is 1. The lowest BCUT2D eigenvalue weighted by molar-refractivity contribution is -0.140. The number of morpholine rings is 1. The van der Waals surface area contributed by atoms with E-state index in [4.69, 9.17) is 9.47 Å². The third kappa shape index (κ3) is 4.42. The quantitative estimate of drug-likeness (QED) is 0.574. The summed E-state index contributed by atoms with van der Waals surface area (Å²) in [6.45, 7) is 6.76. The third-order valence-corrected chi connectivity index (χ3v) is 7.01. The second-order valence-corrected chi connectivity index (χ2v) is 9.59. The maximum atomic E-state index is 12.9. The number of ether oxygens (including phenoxy) is 2. The fourth-order valence-electron chi connectivity index (χ4n) is 4.61. The Morgan fingerprint density at radius 2 is 2.03 bits per heavy atom. The largest absolute Gasteiger partial charge is 0.376 e. The van der Waals surface area contributed by atoms with Gasteiger partial charge in [-0.15, -0.1) is 10.2 Å². The molecular formula is C23H29N5O3S. The fraction of sp³-hybridized carbons (Fsp3) is 0.522. The van der Waals surface area contributed by atoms with Crippen LogP contribution < -0.4 is 0 Å². The number of aromatic nitrogens is 4. The molecule has 3 atom stereocenters. The lowest BCUT2D eigenvalue weighted by Crippen LogP contribution is -2.48. The van der Waals surface area contributed by atoms with Crippen molar-refractivity contribution in [2.24, 2.45) is 0 Å². The number of thioether (sulfide) groups is 1. The van der Waals surface area contributed by atoms with Crippen molar-refractivity contribution in [2.75, 3.05) is 25.4 Å². The minimum Gasteiger partial charge on any atom is -0.376 e. The van der Waals surface area contributed by atoms with E-state index < -0.39 is 0 Å². The summed E-state index contributed by atoms with van der Waals surface area (Å²) in [6.07, 6.45) is 4.35. The van der Waals surface area contributed by atoms with Gasteiger partial charge in [-0.05, 0) is 32.8 Å². The number of rotatable bonds is 6. The van der Waals surface area contributed by atoms with E-state index in [0.29, 0.717) is 25.4 Å². The Morgan fingerprint density at radius 1 is 1.22 bits per heavy atom. The van der Waals surface area contributed by atoms with Crippen LogP contribution in [0, 0.1) is 0 Å². The Kier molecular flexibility index (Phi) is 6.21. The molecule has 0 bridgehead atoms. The van der Waals surface area contributed by atoms with E-state index in [1.54, 1.807) is 0 Å². The van der Waals surface area contributed by atoms with Gasteiger partial charge in [0.2, 0.25) is 5.91 Å². The Bertz CT molecular complexity index is 1080. The van der Waals surface area contributed by atoms with Gasteiger partial charge in [0.1, 0.15) is 0 Å². The molecule has 32 heavy (non-hydrogen) atoms. The average Bonchev–Trinajstić information content (AvgIpc) is 3.52. The molecule has 170 valence electrons. The first-order chi connectivity index (χ1) is 15.6. The normalized spacial score (nSPS) is 23.8. The highest BCUT2D eigenvalue weighted by Gasteiger charge is 2.27. The number of fused-ring (bicyclic) bond motifs is 1. The van der Waals surface area contributed by atoms with E-state index in [1.165, 1.54) is 11.8 Å². The fourth-order valence-corrected chi connectivity index (χ4v) is 5.46. The maximum Gasteiger partial charge on any atom is 0.233 e.